The predicted octanol–water partition coefficient (Wildman–Crippen LogP) is 15.9. The first-order valence-electron chi connectivity index (χ1n) is 40.7. The Hall–Kier alpha value is -7.64. The van der Waals surface area contributed by atoms with E-state index >= 15 is 0 Å². The first kappa shape index (κ1) is 99.9. The van der Waals surface area contributed by atoms with E-state index in [2.05, 4.69) is 44.1 Å². The molecule has 0 radical (unpaired) electrons. The number of carbonyl (C=O) groups is 3. The molecule has 31 nitrogen and oxygen atoms in total. The van der Waals surface area contributed by atoms with Crippen LogP contribution in [0.3, 0.4) is 0 Å². The van der Waals surface area contributed by atoms with Crippen LogP contribution >= 0.6 is 22.8 Å². The molecule has 2 saturated heterocycles. The number of nitrogens with one attached hydrogen (secondary N) is 3. The highest BCUT2D eigenvalue weighted by Gasteiger charge is 2.34. The van der Waals surface area contributed by atoms with Gasteiger partial charge in [-0.2, -0.15) is 15.0 Å². The molecule has 8 rings (SSSR count). The van der Waals surface area contributed by atoms with Gasteiger partial charge in [0.25, 0.3) is 17.7 Å². The van der Waals surface area contributed by atoms with Crippen LogP contribution < -0.4 is 39.2 Å². The van der Waals surface area contributed by atoms with Gasteiger partial charge in [0.2, 0.25) is 0 Å². The molecule has 3 aromatic heterocycles. The number of carbonyl (C=O) groups excluding carboxylic acids is 3. The van der Waals surface area contributed by atoms with Crippen LogP contribution in [0.1, 0.15) is 211 Å². The third-order valence-electron chi connectivity index (χ3n) is 18.5. The maximum Gasteiger partial charge on any atom is 0.356 e. The van der Waals surface area contributed by atoms with Crippen LogP contribution in [-0.2, 0) is 75.1 Å². The summed E-state index contributed by atoms with van der Waals surface area (Å²) in [7, 11) is -11.1. The maximum atomic E-state index is 12.8. The second kappa shape index (κ2) is 59.1. The summed E-state index contributed by atoms with van der Waals surface area (Å²) in [4.78, 5) is 104. The number of quaternary nitrogens is 1. The number of aromatic nitrogens is 6. The Morgan fingerprint density at radius 1 is 0.496 bits per heavy atom. The fourth-order valence-electron chi connectivity index (χ4n) is 12.0. The summed E-state index contributed by atoms with van der Waals surface area (Å²) in [6.07, 6.45) is 39.5. The summed E-state index contributed by atoms with van der Waals surface area (Å²) in [5.74, 6) is -0.758. The molecule has 34 heteroatoms. The Morgan fingerprint density at radius 3 is 1.20 bits per heavy atom. The van der Waals surface area contributed by atoms with E-state index in [9.17, 15) is 57.4 Å². The van der Waals surface area contributed by atoms with Crippen molar-refractivity contribution in [1.29, 1.82) is 0 Å². The second-order valence-electron chi connectivity index (χ2n) is 28.4. The van der Waals surface area contributed by atoms with Gasteiger partial charge in [0.05, 0.1) is 58.8 Å². The fourth-order valence-corrected chi connectivity index (χ4v) is 15.2. The Kier molecular flexibility index (Phi) is 50.5. The SMILES string of the molecule is C=CCCCCCCCCCCCCCCOCCCOP(=O)(O)CO[C@H](CO)Cn1ccc(NC(=O)c2ccccc2)nc1=O.C=CCCCCCCCCCCCCCCOCCCOP1(=O)CO[C@@H](Cn2ccc(NC(=O)c3ccccc3)nc2=O)CO1.O=C(Nc1ccn(C[C@H]2COP(=O)(O)CO2)c(=O)n1)c1ccccc1.[NH4+]. The minimum absolute atomic E-state index is 0. The van der Waals surface area contributed by atoms with Crippen molar-refractivity contribution >= 4 is 58.0 Å². The van der Waals surface area contributed by atoms with Gasteiger partial charge in [0.1, 0.15) is 48.7 Å². The van der Waals surface area contributed by atoms with Gasteiger partial charge in [-0.25, -0.2) is 14.4 Å². The summed E-state index contributed by atoms with van der Waals surface area (Å²) in [5, 5.41) is 17.4. The lowest BCUT2D eigenvalue weighted by Gasteiger charge is -2.29. The molecule has 2 aliphatic rings. The first-order valence-corrected chi connectivity index (χ1v) is 46.0. The number of allylic oxidation sites excluding steroid dienone is 2. The molecule has 0 saturated carbocycles. The standard InChI is InChI=1S/C34H54N3O8P.C34H52N3O7P.C15H16N3O6P.H3N/c1-2-3-4-5-6-7-8-9-10-11-12-13-14-18-24-43-25-19-26-45-46(41,42)29-44-31(28-38)27-37-23-22-32(36-34(37)40)35-33(39)30-20-16-15-17-21-30;1-2-3-4-5-6-7-8-9-10-11-12-13-14-18-24-41-25-19-26-43-45(40)29-42-31(28-44-45)27-37-23-22-32(36-34(37)39)35-33(38)30-20-16-15-17-21-30;19-14(11-4-2-1-3-5-11)16-13-6-7-18(15(20)17-13)8-12-9-24-25(21,22)10-23-12;/h2,15-17,20-23,31,38H,1,3-14,18-19,24-29H2,(H,41,42)(H,35,36,39,40);2,15-17,20-23,31H,1,3-14,18-19,24-29H2,(H,35,36,38,39);1-7,12H,8-10H2,(H,21,22)(H,16,17,19,20);1H3/p+1/t31-;31-,45?;12-;/m000./s1. The van der Waals surface area contributed by atoms with E-state index in [0.29, 0.717) is 49.4 Å². The van der Waals surface area contributed by atoms with E-state index in [4.69, 9.17) is 41.8 Å². The molecule has 3 aromatic carbocycles. The Morgan fingerprint density at radius 2 is 0.846 bits per heavy atom. The maximum absolute atomic E-state index is 12.8. The average Bonchev–Trinajstić information content (AvgIpc) is 0.840. The van der Waals surface area contributed by atoms with Crippen LogP contribution in [0, 0.1) is 0 Å². The van der Waals surface area contributed by atoms with Gasteiger partial charge >= 0.3 is 39.9 Å². The monoisotopic (exact) mass is 1690 g/mol. The van der Waals surface area contributed by atoms with Crippen molar-refractivity contribution in [3.05, 3.63) is 201 Å². The number of aliphatic hydroxyl groups is 1. The molecular formula is C83H126N10O21P3+. The highest BCUT2D eigenvalue weighted by atomic mass is 31.2. The van der Waals surface area contributed by atoms with Gasteiger partial charge in [0, 0.05) is 61.7 Å². The zero-order chi connectivity index (χ0) is 83.2. The number of amides is 3. The summed E-state index contributed by atoms with van der Waals surface area (Å²) >= 11 is 0. The number of nitrogens with zero attached hydrogens (tertiary/aromatic N) is 6. The largest absolute Gasteiger partial charge is 0.394 e. The van der Waals surface area contributed by atoms with Crippen molar-refractivity contribution in [2.45, 2.75) is 218 Å². The highest BCUT2D eigenvalue weighted by Crippen LogP contribution is 2.51. The van der Waals surface area contributed by atoms with Crippen LogP contribution in [0.4, 0.5) is 17.5 Å². The zero-order valence-electron chi connectivity index (χ0n) is 68.0. The third-order valence-corrected chi connectivity index (χ3v) is 22.2. The van der Waals surface area contributed by atoms with Gasteiger partial charge in [-0.05, 0) is 106 Å². The van der Waals surface area contributed by atoms with Crippen molar-refractivity contribution in [1.82, 2.24) is 34.8 Å². The number of ether oxygens (including phenoxy) is 5. The quantitative estimate of drug-likeness (QED) is 0.0106. The summed E-state index contributed by atoms with van der Waals surface area (Å²) in [5.41, 5.74) is -0.454. The normalized spacial score (nSPS) is 17.1. The van der Waals surface area contributed by atoms with Gasteiger partial charge in [-0.3, -0.25) is 41.8 Å². The van der Waals surface area contributed by atoms with Crippen molar-refractivity contribution in [2.24, 2.45) is 0 Å². The number of unbranched alkanes of at least 4 members (excludes halogenated alkanes) is 24. The predicted molar refractivity (Wildman–Crippen MR) is 453 cm³/mol. The highest BCUT2D eigenvalue weighted by molar-refractivity contribution is 7.53. The molecule has 2 fully saturated rings. The van der Waals surface area contributed by atoms with E-state index < -0.39 is 83.4 Å². The van der Waals surface area contributed by atoms with Crippen LogP contribution in [-0.4, -0.2) is 158 Å². The van der Waals surface area contributed by atoms with Gasteiger partial charge in [-0.1, -0.05) is 195 Å². The molecular weight excluding hydrogens is 1570 g/mol. The van der Waals surface area contributed by atoms with Gasteiger partial charge < -0.3 is 78.8 Å². The zero-order valence-corrected chi connectivity index (χ0v) is 70.7. The molecule has 6 aromatic rings. The molecule has 3 unspecified atom stereocenters. The molecule has 0 bridgehead atoms. The number of rotatable bonds is 56. The number of aliphatic hydroxyl groups excluding tert-OH is 1. The molecule has 117 heavy (non-hydrogen) atoms. The third kappa shape index (κ3) is 43.8. The first-order chi connectivity index (χ1) is 56.3. The van der Waals surface area contributed by atoms with E-state index in [1.807, 2.05) is 18.2 Å². The smallest absolute Gasteiger partial charge is 0.356 e. The summed E-state index contributed by atoms with van der Waals surface area (Å²) < 4.78 is 88.8. The van der Waals surface area contributed by atoms with Crippen LogP contribution in [0.2, 0.25) is 0 Å². The lowest BCUT2D eigenvalue weighted by atomic mass is 10.0. The molecule has 3 amide bonds. The number of benzene rings is 3. The molecule has 5 heterocycles. The fraction of sp³-hybridized carbons (Fsp3) is 0.554. The van der Waals surface area contributed by atoms with Crippen LogP contribution in [0.5, 0.6) is 0 Å². The van der Waals surface area contributed by atoms with Crippen molar-refractivity contribution < 1.29 is 84.8 Å². The summed E-state index contributed by atoms with van der Waals surface area (Å²) in [6, 6.07) is 30.2. The Bertz CT molecular complexity index is 4100. The van der Waals surface area contributed by atoms with Crippen LogP contribution in [0.15, 0.2) is 167 Å². The van der Waals surface area contributed by atoms with E-state index in [1.54, 1.807) is 91.0 Å². The van der Waals surface area contributed by atoms with E-state index in [-0.39, 0.29) is 87.8 Å². The molecule has 0 aliphatic carbocycles. The minimum Gasteiger partial charge on any atom is -0.394 e. The molecule has 10 N–H and O–H groups in total. The van der Waals surface area contributed by atoms with Crippen molar-refractivity contribution in [3.8, 4) is 0 Å². The summed E-state index contributed by atoms with van der Waals surface area (Å²) in [6.45, 7) is 9.85. The average molecular weight is 1690 g/mol. The molecule has 6 atom stereocenters. The van der Waals surface area contributed by atoms with Gasteiger partial charge in [-0.15, -0.1) is 13.2 Å². The number of hydrogen-bond acceptors (Lipinski definition) is 22. The molecule has 648 valence electrons. The Labute approximate surface area is 687 Å². The lowest BCUT2D eigenvalue weighted by Crippen LogP contribution is -2.35. The molecule has 2 aliphatic heterocycles. The van der Waals surface area contributed by atoms with Crippen LogP contribution in [0.25, 0.3) is 0 Å². The minimum atomic E-state index is -4.06. The number of anilines is 3. The van der Waals surface area contributed by atoms with Crippen molar-refractivity contribution in [2.75, 3.05) is 94.5 Å². The second-order valence-corrected chi connectivity index (χ2v) is 33.9. The topological polar surface area (TPSA) is 423 Å². The van der Waals surface area contributed by atoms with Crippen molar-refractivity contribution in [3.63, 3.8) is 0 Å². The van der Waals surface area contributed by atoms with Gasteiger partial charge in [0.15, 0.2) is 0 Å². The Balaban J connectivity index is 0.000000324. The molecule has 0 spiro atoms. The lowest BCUT2D eigenvalue weighted by molar-refractivity contribution is -0.0154. The van der Waals surface area contributed by atoms with E-state index in [0.717, 1.165) is 38.7 Å². The van der Waals surface area contributed by atoms with E-state index in [1.165, 1.54) is 179 Å². The number of hydrogen-bond donors (Lipinski definition) is 7.